The molecule has 12 heavy (non-hydrogen) atoms. The van der Waals surface area contributed by atoms with Crippen LogP contribution in [0.15, 0.2) is 0 Å². The number of nitrogens with zero attached hydrogens (tertiary/aromatic N) is 1. The van der Waals surface area contributed by atoms with Crippen LogP contribution in [0.25, 0.3) is 0 Å². The van der Waals surface area contributed by atoms with Crippen LogP contribution in [-0.2, 0) is 4.74 Å². The molecule has 1 fully saturated rings. The second-order valence-corrected chi connectivity index (χ2v) is 3.95. The number of nitrogens with one attached hydrogen (secondary N) is 1. The van der Waals surface area contributed by atoms with E-state index in [0.29, 0.717) is 12.0 Å². The summed E-state index contributed by atoms with van der Waals surface area (Å²) in [5, 5.41) is 2.24. The molecule has 1 aliphatic heterocycles. The zero-order valence-corrected chi connectivity index (χ0v) is 8.50. The van der Waals surface area contributed by atoms with Crippen LogP contribution < -0.4 is 5.43 Å². The molecule has 1 N–H and O–H groups in total. The number of ether oxygens (including phenoxy) is 1. The summed E-state index contributed by atoms with van der Waals surface area (Å²) in [7, 11) is 0. The summed E-state index contributed by atoms with van der Waals surface area (Å²) in [5.74, 6) is 0.534. The summed E-state index contributed by atoms with van der Waals surface area (Å²) < 4.78 is 5.57. The minimum Gasteiger partial charge on any atom is -0.360 e. The van der Waals surface area contributed by atoms with Crippen molar-refractivity contribution in [2.75, 3.05) is 13.2 Å². The van der Waals surface area contributed by atoms with Gasteiger partial charge in [0.25, 0.3) is 0 Å². The minimum absolute atomic E-state index is 0.196. The predicted octanol–water partition coefficient (Wildman–Crippen LogP) is 1.21. The molecule has 1 unspecified atom stereocenters. The highest BCUT2D eigenvalue weighted by Crippen LogP contribution is 2.09. The van der Waals surface area contributed by atoms with Gasteiger partial charge in [-0.15, -0.1) is 0 Å². The highest BCUT2D eigenvalue weighted by Gasteiger charge is 2.23. The van der Waals surface area contributed by atoms with Crippen LogP contribution in [-0.4, -0.2) is 30.4 Å². The fourth-order valence-electron chi connectivity index (χ4n) is 1.29. The van der Waals surface area contributed by atoms with Gasteiger partial charge in [0.1, 0.15) is 6.23 Å². The van der Waals surface area contributed by atoms with Gasteiger partial charge in [0.2, 0.25) is 0 Å². The van der Waals surface area contributed by atoms with Crippen molar-refractivity contribution in [2.24, 2.45) is 5.92 Å². The average Bonchev–Trinajstić information content (AvgIpc) is 2.04. The lowest BCUT2D eigenvalue weighted by molar-refractivity contribution is -0.114. The molecule has 0 aromatic heterocycles. The Labute approximate surface area is 75.0 Å². The maximum Gasteiger partial charge on any atom is 0.122 e. The van der Waals surface area contributed by atoms with Gasteiger partial charge < -0.3 is 4.74 Å². The fourth-order valence-corrected chi connectivity index (χ4v) is 1.29. The molecule has 0 aromatic carbocycles. The lowest BCUT2D eigenvalue weighted by atomic mass is 10.2. The summed E-state index contributed by atoms with van der Waals surface area (Å²) in [4.78, 5) is 0. The van der Waals surface area contributed by atoms with E-state index in [0.717, 1.165) is 13.2 Å². The Morgan fingerprint density at radius 2 is 2.00 bits per heavy atom. The highest BCUT2D eigenvalue weighted by molar-refractivity contribution is 4.67. The summed E-state index contributed by atoms with van der Waals surface area (Å²) >= 11 is 0. The van der Waals surface area contributed by atoms with E-state index in [1.165, 1.54) is 0 Å². The van der Waals surface area contributed by atoms with Gasteiger partial charge in [0.05, 0.1) is 6.61 Å². The Balaban J connectivity index is 2.40. The zero-order chi connectivity index (χ0) is 9.14. The molecule has 1 atom stereocenters. The Hall–Kier alpha value is -0.120. The molecule has 1 saturated heterocycles. The largest absolute Gasteiger partial charge is 0.360 e. The van der Waals surface area contributed by atoms with Crippen LogP contribution in [0, 0.1) is 5.92 Å². The van der Waals surface area contributed by atoms with Crippen molar-refractivity contribution >= 4 is 0 Å². The van der Waals surface area contributed by atoms with Crippen LogP contribution in [0.4, 0.5) is 0 Å². The number of hydrazine groups is 1. The highest BCUT2D eigenvalue weighted by atomic mass is 16.5. The van der Waals surface area contributed by atoms with E-state index >= 15 is 0 Å². The lowest BCUT2D eigenvalue weighted by Gasteiger charge is -2.38. The Kier molecular flexibility index (Phi) is 3.50. The van der Waals surface area contributed by atoms with Crippen LogP contribution in [0.5, 0.6) is 0 Å². The monoisotopic (exact) mass is 172 g/mol. The van der Waals surface area contributed by atoms with Crippen molar-refractivity contribution in [3.8, 4) is 0 Å². The van der Waals surface area contributed by atoms with Crippen molar-refractivity contribution in [1.29, 1.82) is 0 Å². The van der Waals surface area contributed by atoms with E-state index in [2.05, 4.69) is 38.1 Å². The third-order valence-electron chi connectivity index (χ3n) is 2.15. The van der Waals surface area contributed by atoms with Gasteiger partial charge in [0.15, 0.2) is 0 Å². The first-order chi connectivity index (χ1) is 5.61. The lowest BCUT2D eigenvalue weighted by Crippen LogP contribution is -2.56. The van der Waals surface area contributed by atoms with Crippen molar-refractivity contribution in [3.63, 3.8) is 0 Å². The second kappa shape index (κ2) is 4.21. The van der Waals surface area contributed by atoms with E-state index in [4.69, 9.17) is 4.74 Å². The van der Waals surface area contributed by atoms with E-state index in [-0.39, 0.29) is 6.23 Å². The molecular formula is C9H20N2O. The molecule has 1 aliphatic rings. The van der Waals surface area contributed by atoms with Crippen LogP contribution >= 0.6 is 0 Å². The first-order valence-electron chi connectivity index (χ1n) is 4.75. The molecule has 0 bridgehead atoms. The van der Waals surface area contributed by atoms with E-state index in [9.17, 15) is 0 Å². The predicted molar refractivity (Wildman–Crippen MR) is 49.6 cm³/mol. The van der Waals surface area contributed by atoms with Crippen molar-refractivity contribution in [2.45, 2.75) is 40.0 Å². The molecule has 0 amide bonds. The van der Waals surface area contributed by atoms with Crippen LogP contribution in [0.2, 0.25) is 0 Å². The summed E-state index contributed by atoms with van der Waals surface area (Å²) in [6.07, 6.45) is 0.196. The number of rotatable bonds is 2. The van der Waals surface area contributed by atoms with Gasteiger partial charge in [0, 0.05) is 12.6 Å². The van der Waals surface area contributed by atoms with Gasteiger partial charge >= 0.3 is 0 Å². The minimum atomic E-state index is 0.196. The molecule has 0 aliphatic carbocycles. The summed E-state index contributed by atoms with van der Waals surface area (Å²) in [6, 6.07) is 0.551. The third-order valence-corrected chi connectivity index (χ3v) is 2.15. The van der Waals surface area contributed by atoms with Gasteiger partial charge in [-0.25, -0.2) is 10.4 Å². The smallest absolute Gasteiger partial charge is 0.122 e. The topological polar surface area (TPSA) is 24.5 Å². The van der Waals surface area contributed by atoms with Gasteiger partial charge in [-0.2, -0.15) is 0 Å². The molecule has 1 heterocycles. The van der Waals surface area contributed by atoms with Crippen molar-refractivity contribution in [1.82, 2.24) is 10.4 Å². The van der Waals surface area contributed by atoms with Crippen molar-refractivity contribution in [3.05, 3.63) is 0 Å². The molecule has 0 spiro atoms. The Morgan fingerprint density at radius 1 is 1.33 bits per heavy atom. The number of hydrogen-bond acceptors (Lipinski definition) is 3. The quantitative estimate of drug-likeness (QED) is 0.677. The molecular weight excluding hydrogens is 152 g/mol. The normalized spacial score (nSPS) is 27.0. The molecule has 0 saturated carbocycles. The molecule has 3 heteroatoms. The maximum absolute atomic E-state index is 5.57. The molecule has 1 rings (SSSR count). The molecule has 3 nitrogen and oxygen atoms in total. The fraction of sp³-hybridized carbons (Fsp3) is 1.00. The van der Waals surface area contributed by atoms with E-state index in [1.54, 1.807) is 0 Å². The third kappa shape index (κ3) is 2.44. The van der Waals surface area contributed by atoms with Crippen molar-refractivity contribution < 1.29 is 4.74 Å². The molecule has 0 radical (unpaired) electrons. The first-order valence-corrected chi connectivity index (χ1v) is 4.75. The molecule has 0 aromatic rings. The van der Waals surface area contributed by atoms with Crippen LogP contribution in [0.1, 0.15) is 27.7 Å². The summed E-state index contributed by atoms with van der Waals surface area (Å²) in [5.41, 5.74) is 3.36. The second-order valence-electron chi connectivity index (χ2n) is 3.95. The van der Waals surface area contributed by atoms with Gasteiger partial charge in [-0.3, -0.25) is 0 Å². The Bertz CT molecular complexity index is 122. The Morgan fingerprint density at radius 3 is 2.50 bits per heavy atom. The standard InChI is InChI=1S/C9H20N2O/c1-7(2)9-10-11(8(3)4)5-6-12-9/h7-10H,5-6H2,1-4H3. The first kappa shape index (κ1) is 9.96. The van der Waals surface area contributed by atoms with Gasteiger partial charge in [-0.05, 0) is 19.8 Å². The summed E-state index contributed by atoms with van der Waals surface area (Å²) in [6.45, 7) is 10.5. The van der Waals surface area contributed by atoms with Crippen LogP contribution in [0.3, 0.4) is 0 Å². The van der Waals surface area contributed by atoms with E-state index < -0.39 is 0 Å². The SMILES string of the molecule is CC(C)C1NN(C(C)C)CCO1. The zero-order valence-electron chi connectivity index (χ0n) is 8.50. The van der Waals surface area contributed by atoms with Gasteiger partial charge in [-0.1, -0.05) is 13.8 Å². The van der Waals surface area contributed by atoms with E-state index in [1.807, 2.05) is 0 Å². The maximum atomic E-state index is 5.57. The number of hydrogen-bond donors (Lipinski definition) is 1. The average molecular weight is 172 g/mol. The molecule has 72 valence electrons.